The van der Waals surface area contributed by atoms with Crippen LogP contribution in [0.25, 0.3) is 5.69 Å². The van der Waals surface area contributed by atoms with Gasteiger partial charge in [-0.15, -0.1) is 0 Å². The second-order valence-electron chi connectivity index (χ2n) is 6.87. The highest BCUT2D eigenvalue weighted by molar-refractivity contribution is 6.30. The van der Waals surface area contributed by atoms with Gasteiger partial charge in [-0.25, -0.2) is 9.48 Å². The Labute approximate surface area is 184 Å². The summed E-state index contributed by atoms with van der Waals surface area (Å²) < 4.78 is 6.94. The fraction of sp³-hybridized carbons (Fsp3) is 0.227. The number of hydrogen-bond acceptors (Lipinski definition) is 4. The van der Waals surface area contributed by atoms with Crippen LogP contribution >= 0.6 is 23.2 Å². The summed E-state index contributed by atoms with van der Waals surface area (Å²) in [5.74, 6) is -0.617. The van der Waals surface area contributed by atoms with Gasteiger partial charge in [0.25, 0.3) is 5.91 Å². The standard InChI is InChI=1S/C22H19Cl2N3O3/c1-2-30-22(29)20-18-13-26(21(28)14-3-5-15(23)6-4-14)12-11-19(18)27(25-20)17-9-7-16(24)8-10-17/h3-10H,2,11-13H2,1H3. The van der Waals surface area contributed by atoms with Gasteiger partial charge in [-0.2, -0.15) is 5.10 Å². The average Bonchev–Trinajstić information content (AvgIpc) is 3.13. The Morgan fingerprint density at radius 2 is 1.67 bits per heavy atom. The first-order valence-electron chi connectivity index (χ1n) is 9.56. The van der Waals surface area contributed by atoms with E-state index in [1.165, 1.54) is 0 Å². The maximum atomic E-state index is 13.0. The zero-order chi connectivity index (χ0) is 21.3. The summed E-state index contributed by atoms with van der Waals surface area (Å²) in [6, 6.07) is 14.0. The van der Waals surface area contributed by atoms with Crippen LogP contribution in [0.5, 0.6) is 0 Å². The predicted octanol–water partition coefficient (Wildman–Crippen LogP) is 4.55. The number of ether oxygens (including phenoxy) is 1. The molecule has 0 spiro atoms. The van der Waals surface area contributed by atoms with Gasteiger partial charge < -0.3 is 9.64 Å². The average molecular weight is 444 g/mol. The van der Waals surface area contributed by atoms with E-state index in [4.69, 9.17) is 27.9 Å². The molecular weight excluding hydrogens is 425 g/mol. The molecule has 0 aliphatic carbocycles. The summed E-state index contributed by atoms with van der Waals surface area (Å²) in [4.78, 5) is 27.2. The first-order valence-corrected chi connectivity index (χ1v) is 10.3. The van der Waals surface area contributed by atoms with Gasteiger partial charge in [0, 0.05) is 34.1 Å². The zero-order valence-corrected chi connectivity index (χ0v) is 17.8. The highest BCUT2D eigenvalue weighted by atomic mass is 35.5. The van der Waals surface area contributed by atoms with Crippen molar-refractivity contribution < 1.29 is 14.3 Å². The van der Waals surface area contributed by atoms with Gasteiger partial charge in [0.05, 0.1) is 24.5 Å². The van der Waals surface area contributed by atoms with Gasteiger partial charge in [0.2, 0.25) is 0 Å². The Hall–Kier alpha value is -2.83. The van der Waals surface area contributed by atoms with Crippen LogP contribution in [0.3, 0.4) is 0 Å². The molecule has 2 heterocycles. The van der Waals surface area contributed by atoms with Crippen molar-refractivity contribution in [2.45, 2.75) is 19.9 Å². The maximum Gasteiger partial charge on any atom is 0.359 e. The van der Waals surface area contributed by atoms with Crippen LogP contribution in [0, 0.1) is 0 Å². The highest BCUT2D eigenvalue weighted by Gasteiger charge is 2.31. The van der Waals surface area contributed by atoms with Crippen LogP contribution < -0.4 is 0 Å². The van der Waals surface area contributed by atoms with Crippen LogP contribution in [0.4, 0.5) is 0 Å². The Balaban J connectivity index is 1.71. The van der Waals surface area contributed by atoms with Crippen molar-refractivity contribution in [2.24, 2.45) is 0 Å². The normalized spacial score (nSPS) is 13.1. The molecule has 0 fully saturated rings. The molecule has 0 saturated carbocycles. The third-order valence-electron chi connectivity index (χ3n) is 4.98. The second-order valence-corrected chi connectivity index (χ2v) is 7.74. The molecule has 0 saturated heterocycles. The van der Waals surface area contributed by atoms with Gasteiger partial charge in [0.15, 0.2) is 5.69 Å². The minimum absolute atomic E-state index is 0.119. The quantitative estimate of drug-likeness (QED) is 0.554. The largest absolute Gasteiger partial charge is 0.461 e. The van der Waals surface area contributed by atoms with Crippen molar-refractivity contribution in [3.05, 3.63) is 81.1 Å². The minimum Gasteiger partial charge on any atom is -0.461 e. The molecule has 1 amide bonds. The number of halogens is 2. The van der Waals surface area contributed by atoms with Crippen molar-refractivity contribution in [3.8, 4) is 5.69 Å². The molecular formula is C22H19Cl2N3O3. The SMILES string of the molecule is CCOC(=O)c1nn(-c2ccc(Cl)cc2)c2c1CN(C(=O)c1ccc(Cl)cc1)CC2. The van der Waals surface area contributed by atoms with Crippen molar-refractivity contribution in [1.29, 1.82) is 0 Å². The number of benzene rings is 2. The fourth-order valence-electron chi connectivity index (χ4n) is 3.53. The molecule has 3 aromatic rings. The zero-order valence-electron chi connectivity index (χ0n) is 16.3. The second kappa shape index (κ2) is 8.50. The van der Waals surface area contributed by atoms with E-state index >= 15 is 0 Å². The van der Waals surface area contributed by atoms with E-state index in [1.54, 1.807) is 52.9 Å². The van der Waals surface area contributed by atoms with Crippen LogP contribution in [0.2, 0.25) is 10.0 Å². The van der Waals surface area contributed by atoms with Crippen molar-refractivity contribution >= 4 is 35.1 Å². The van der Waals surface area contributed by atoms with Gasteiger partial charge in [0.1, 0.15) is 0 Å². The molecule has 1 aliphatic rings. The molecule has 0 atom stereocenters. The lowest BCUT2D eigenvalue weighted by molar-refractivity contribution is 0.0513. The van der Waals surface area contributed by atoms with E-state index in [0.29, 0.717) is 34.1 Å². The van der Waals surface area contributed by atoms with Crippen molar-refractivity contribution in [1.82, 2.24) is 14.7 Å². The van der Waals surface area contributed by atoms with E-state index < -0.39 is 5.97 Å². The van der Waals surface area contributed by atoms with Gasteiger partial charge >= 0.3 is 5.97 Å². The van der Waals surface area contributed by atoms with E-state index in [1.807, 2.05) is 12.1 Å². The summed E-state index contributed by atoms with van der Waals surface area (Å²) in [6.07, 6.45) is 0.559. The van der Waals surface area contributed by atoms with E-state index in [0.717, 1.165) is 11.4 Å². The fourth-order valence-corrected chi connectivity index (χ4v) is 3.78. The Bertz CT molecular complexity index is 1090. The van der Waals surface area contributed by atoms with Crippen LogP contribution in [0.15, 0.2) is 48.5 Å². The lowest BCUT2D eigenvalue weighted by Crippen LogP contribution is -2.36. The van der Waals surface area contributed by atoms with Crippen LogP contribution in [0.1, 0.15) is 39.0 Å². The van der Waals surface area contributed by atoms with Crippen molar-refractivity contribution in [2.75, 3.05) is 13.2 Å². The summed E-state index contributed by atoms with van der Waals surface area (Å²) in [5, 5.41) is 5.72. The van der Waals surface area contributed by atoms with Crippen LogP contribution in [-0.2, 0) is 17.7 Å². The van der Waals surface area contributed by atoms with E-state index in [9.17, 15) is 9.59 Å². The number of aromatic nitrogens is 2. The monoisotopic (exact) mass is 443 g/mol. The molecule has 2 aromatic carbocycles. The molecule has 1 aromatic heterocycles. The Morgan fingerprint density at radius 1 is 1.03 bits per heavy atom. The van der Waals surface area contributed by atoms with Gasteiger partial charge in [-0.3, -0.25) is 4.79 Å². The Kier molecular flexibility index (Phi) is 5.79. The number of hydrogen-bond donors (Lipinski definition) is 0. The lowest BCUT2D eigenvalue weighted by atomic mass is 10.0. The molecule has 8 heteroatoms. The third kappa shape index (κ3) is 3.93. The topological polar surface area (TPSA) is 64.4 Å². The lowest BCUT2D eigenvalue weighted by Gasteiger charge is -2.28. The number of amides is 1. The molecule has 154 valence electrons. The molecule has 0 unspecified atom stereocenters. The summed E-state index contributed by atoms with van der Waals surface area (Å²) in [5.41, 5.74) is 3.17. The first kappa shape index (κ1) is 20.4. The van der Waals surface area contributed by atoms with Crippen LogP contribution in [-0.4, -0.2) is 39.7 Å². The number of carbonyl (C=O) groups is 2. The molecule has 6 nitrogen and oxygen atoms in total. The minimum atomic E-state index is -0.498. The molecule has 0 N–H and O–H groups in total. The summed E-state index contributed by atoms with van der Waals surface area (Å²) in [6.45, 7) is 2.78. The third-order valence-corrected chi connectivity index (χ3v) is 5.48. The van der Waals surface area contributed by atoms with Crippen molar-refractivity contribution in [3.63, 3.8) is 0 Å². The number of carbonyl (C=O) groups excluding carboxylic acids is 2. The first-order chi connectivity index (χ1) is 14.5. The molecule has 0 bridgehead atoms. The number of rotatable bonds is 4. The van der Waals surface area contributed by atoms with E-state index in [2.05, 4.69) is 5.10 Å². The molecule has 4 rings (SSSR count). The number of esters is 1. The number of fused-ring (bicyclic) bond motifs is 1. The van der Waals surface area contributed by atoms with Gasteiger partial charge in [-0.1, -0.05) is 23.2 Å². The van der Waals surface area contributed by atoms with Gasteiger partial charge in [-0.05, 0) is 55.5 Å². The smallest absolute Gasteiger partial charge is 0.359 e. The summed E-state index contributed by atoms with van der Waals surface area (Å²) in [7, 11) is 0. The highest BCUT2D eigenvalue weighted by Crippen LogP contribution is 2.27. The maximum absolute atomic E-state index is 13.0. The molecule has 30 heavy (non-hydrogen) atoms. The predicted molar refractivity (Wildman–Crippen MR) is 114 cm³/mol. The summed E-state index contributed by atoms with van der Waals surface area (Å²) >= 11 is 11.9. The molecule has 1 aliphatic heterocycles. The number of nitrogens with zero attached hydrogens (tertiary/aromatic N) is 3. The van der Waals surface area contributed by atoms with E-state index in [-0.39, 0.29) is 24.8 Å². The Morgan fingerprint density at radius 3 is 2.30 bits per heavy atom. The molecule has 0 radical (unpaired) electrons.